The predicted molar refractivity (Wildman–Crippen MR) is 501 cm³/mol. The Labute approximate surface area is 696 Å². The second-order valence-electron chi connectivity index (χ2n) is 34.5. The Kier molecular flexibility index (Phi) is 20.5. The van der Waals surface area contributed by atoms with Crippen LogP contribution < -0.4 is 29.8 Å². The summed E-state index contributed by atoms with van der Waals surface area (Å²) in [5.41, 5.74) is 17.8. The molecule has 116 heavy (non-hydrogen) atoms. The van der Waals surface area contributed by atoms with Crippen molar-refractivity contribution in [3.63, 3.8) is 0 Å². The average molecular weight is 1530 g/mol. The van der Waals surface area contributed by atoms with Crippen LogP contribution in [0.25, 0.3) is 45.6 Å². The lowest BCUT2D eigenvalue weighted by molar-refractivity contribution is 0.512. The molecule has 0 aliphatic carbocycles. The van der Waals surface area contributed by atoms with Gasteiger partial charge in [-0.25, -0.2) is 19.9 Å². The molecule has 0 radical (unpaired) electrons. The highest BCUT2D eigenvalue weighted by molar-refractivity contribution is 7.06. The molecular formula is C72H102B18N26. The number of benzene rings is 6. The van der Waals surface area contributed by atoms with Crippen molar-refractivity contribution in [2.45, 2.75) is 89.1 Å². The second kappa shape index (κ2) is 30.0. The zero-order valence-corrected chi connectivity index (χ0v) is 72.3. The highest BCUT2D eigenvalue weighted by atomic mass is 15.5. The molecule has 7 fully saturated rings. The van der Waals surface area contributed by atoms with Gasteiger partial charge in [-0.15, -0.1) is 0 Å². The first kappa shape index (κ1) is 79.1. The SMILES string of the molecule is CB1N(C)B(C)N2B(C)N(C)B3N(B2N1C)c1ccccc1-c1nccn13.CB1N(C)B(C)N2B(N1C)N(C)B(C)N1B2n2ccnc2-c2ccccc21.CB1N(C)B(C)N2B(N1C)N(C)B1N(B2C)c2ccccc2-c2nccn21.Cc1cccc(C)c1B1N(C)B(c2c(C)cccc2C)N2B(N1C)n1ccnc1-c1ccccc12. The number of rotatable bonds is 2. The van der Waals surface area contributed by atoms with E-state index in [1.165, 1.54) is 78.2 Å². The zero-order valence-electron chi connectivity index (χ0n) is 72.3. The van der Waals surface area contributed by atoms with Gasteiger partial charge >= 0.3 is 77.8 Å². The number of aryl methyl sites for hydroxylation is 4. The van der Waals surface area contributed by atoms with Crippen LogP contribution in [0, 0.1) is 27.7 Å². The minimum Gasteiger partial charge on any atom is -0.415 e. The van der Waals surface area contributed by atoms with Crippen LogP contribution >= 0.6 is 0 Å². The van der Waals surface area contributed by atoms with Crippen molar-refractivity contribution in [1.82, 2.24) is 104 Å². The molecule has 10 aromatic rings. The molecule has 0 bridgehead atoms. The van der Waals surface area contributed by atoms with E-state index >= 15 is 0 Å². The molecular weight excluding hydrogens is 1420 g/mol. The number of nitrogens with zero attached hydrogens (tertiary/aromatic N) is 26. The first-order chi connectivity index (χ1) is 55.7. The van der Waals surface area contributed by atoms with E-state index in [0.29, 0.717) is 48.9 Å². The third kappa shape index (κ3) is 11.7. The van der Waals surface area contributed by atoms with Crippen LogP contribution in [-0.4, -0.2) is 308 Å². The van der Waals surface area contributed by atoms with Gasteiger partial charge in [0.25, 0.3) is 48.9 Å². The van der Waals surface area contributed by atoms with Crippen LogP contribution in [0.4, 0.5) is 22.7 Å². The normalized spacial score (nSPS) is 19.7. The maximum Gasteiger partial charge on any atom is 0.454 e. The Morgan fingerprint density at radius 1 is 0.224 bits per heavy atom. The highest BCUT2D eigenvalue weighted by Gasteiger charge is 2.66. The minimum atomic E-state index is -0.00777. The van der Waals surface area contributed by atoms with E-state index in [1.807, 2.05) is 24.8 Å². The van der Waals surface area contributed by atoms with E-state index in [1.54, 1.807) is 0 Å². The van der Waals surface area contributed by atoms with Gasteiger partial charge in [0, 0.05) is 94.6 Å². The third-order valence-electron chi connectivity index (χ3n) is 29.1. The molecule has 11 aliphatic heterocycles. The van der Waals surface area contributed by atoms with Gasteiger partial charge in [-0.2, -0.15) is 0 Å². The van der Waals surface area contributed by atoms with Gasteiger partial charge in [-0.1, -0.05) is 169 Å². The smallest absolute Gasteiger partial charge is 0.415 e. The van der Waals surface area contributed by atoms with Crippen molar-refractivity contribution in [2.24, 2.45) is 0 Å². The number of para-hydroxylation sites is 4. The molecule has 26 nitrogen and oxygen atoms in total. The van der Waals surface area contributed by atoms with E-state index in [2.05, 4.69) is 437 Å². The Balaban J connectivity index is 0.000000108. The fourth-order valence-corrected chi connectivity index (χ4v) is 22.1. The summed E-state index contributed by atoms with van der Waals surface area (Å²) in [6.45, 7) is 32.8. The van der Waals surface area contributed by atoms with Gasteiger partial charge < -0.3 is 103 Å². The largest absolute Gasteiger partial charge is 0.454 e. The van der Waals surface area contributed by atoms with Gasteiger partial charge in [0.15, 0.2) is 0 Å². The van der Waals surface area contributed by atoms with E-state index < -0.39 is 0 Å². The van der Waals surface area contributed by atoms with Crippen LogP contribution in [0.1, 0.15) is 22.3 Å². The Morgan fingerprint density at radius 3 is 0.940 bits per heavy atom. The van der Waals surface area contributed by atoms with Gasteiger partial charge in [0.05, 0.1) is 0 Å². The van der Waals surface area contributed by atoms with Crippen LogP contribution in [0.3, 0.4) is 0 Å². The number of imidazole rings is 4. The zero-order chi connectivity index (χ0) is 81.5. The molecule has 11 aliphatic rings. The Bertz CT molecular complexity index is 5220. The van der Waals surface area contributed by atoms with E-state index in [9.17, 15) is 0 Å². The molecule has 574 valence electrons. The lowest BCUT2D eigenvalue weighted by Crippen LogP contribution is -2.89. The quantitative estimate of drug-likeness (QED) is 0.213. The average Bonchev–Trinajstić information content (AvgIpc) is 1.16. The second-order valence-corrected chi connectivity index (χ2v) is 34.5. The topological polar surface area (TPSA) is 130 Å². The first-order valence-corrected chi connectivity index (χ1v) is 41.7. The lowest BCUT2D eigenvalue weighted by Gasteiger charge is -2.62. The Morgan fingerprint density at radius 2 is 0.517 bits per heavy atom. The van der Waals surface area contributed by atoms with Crippen LogP contribution in [0.5, 0.6) is 0 Å². The van der Waals surface area contributed by atoms with Crippen molar-refractivity contribution in [3.8, 4) is 45.6 Å². The molecule has 0 spiro atoms. The summed E-state index contributed by atoms with van der Waals surface area (Å²) in [5, 5.41) is 0. The molecule has 0 saturated carbocycles. The first-order valence-electron chi connectivity index (χ1n) is 41.7. The van der Waals surface area contributed by atoms with Crippen molar-refractivity contribution in [1.29, 1.82) is 0 Å². The number of aromatic nitrogens is 8. The molecule has 0 amide bonds. The van der Waals surface area contributed by atoms with E-state index in [0.717, 1.165) is 23.3 Å². The van der Waals surface area contributed by atoms with Gasteiger partial charge in [0.2, 0.25) is 0 Å². The minimum absolute atomic E-state index is 0.00777. The van der Waals surface area contributed by atoms with Crippen LogP contribution in [-0.2, 0) is 0 Å². The lowest BCUT2D eigenvalue weighted by atomic mass is 9.37. The standard InChI is InChI=1S/C27H30B3N5.3C15H24B5N7/c1-19-11-9-12-20(2)25(19)28-32(5)29(26-21(3)13-10-14-22(26)4)35-24-16-8-7-15-23(24)27-31-17-18-34(27)30(35)33(28)6;1-16-22(4)18(3)27-19(23(16)5)24(6)17(2)26-14-10-8-7-9-13(14)15-21-11-12-25(15)20(26)27;1-16-22(4)17(2)27-18(3)24(6)19-25-12-11-21-15(25)13-9-7-8-10-14(13)26(19)20(27)23(16)5;1-16-22(4)17(2)27-18(3)26-14-10-8-7-9-13(14)15-21-11-12-25(15)20(26)24(6)19(27)23(16)5/h7-18H,1-6H3;3*7-12H,1-6H3. The third-order valence-corrected chi connectivity index (χ3v) is 29.1. The van der Waals surface area contributed by atoms with E-state index in [-0.39, 0.29) is 77.8 Å². The summed E-state index contributed by atoms with van der Waals surface area (Å²) in [4.78, 5) is 18.9. The van der Waals surface area contributed by atoms with Gasteiger partial charge in [-0.3, -0.25) is 0 Å². The van der Waals surface area contributed by atoms with Crippen LogP contribution in [0.2, 0.25) is 61.4 Å². The molecule has 0 atom stereocenters. The fourth-order valence-electron chi connectivity index (χ4n) is 22.1. The highest BCUT2D eigenvalue weighted by Crippen LogP contribution is 2.46. The van der Waals surface area contributed by atoms with Crippen molar-refractivity contribution < 1.29 is 0 Å². The summed E-state index contributed by atoms with van der Waals surface area (Å²) in [5.74, 6) is 4.18. The number of fused-ring (bicyclic) bond motifs is 29. The molecule has 15 heterocycles. The Hall–Kier alpha value is -8.03. The maximum absolute atomic E-state index is 4.80. The molecule has 0 N–H and O–H groups in total. The van der Waals surface area contributed by atoms with Crippen LogP contribution in [0.15, 0.2) is 183 Å². The number of anilines is 4. The monoisotopic (exact) mass is 1530 g/mol. The van der Waals surface area contributed by atoms with Gasteiger partial charge in [-0.05, 0) is 165 Å². The van der Waals surface area contributed by atoms with Crippen molar-refractivity contribution in [2.75, 3.05) is 96.4 Å². The number of hydrogen-bond acceptors (Lipinski definition) is 22. The summed E-state index contributed by atoms with van der Waals surface area (Å²) < 4.78 is 54.5. The molecule has 4 aromatic heterocycles. The fraction of sp³-hybridized carbons (Fsp3) is 0.333. The molecule has 7 saturated heterocycles. The van der Waals surface area contributed by atoms with E-state index in [4.69, 9.17) is 9.97 Å². The molecule has 44 heteroatoms. The van der Waals surface area contributed by atoms with Crippen molar-refractivity contribution in [3.05, 3.63) is 205 Å². The predicted octanol–water partition coefficient (Wildman–Crippen LogP) is 5.10. The summed E-state index contributed by atoms with van der Waals surface area (Å²) in [6, 6.07) is 48.0. The summed E-state index contributed by atoms with van der Waals surface area (Å²) >= 11 is 0. The summed E-state index contributed by atoms with van der Waals surface area (Å²) in [7, 11) is 25.5. The molecule has 21 rings (SSSR count). The van der Waals surface area contributed by atoms with Gasteiger partial charge in [0.1, 0.15) is 23.3 Å². The van der Waals surface area contributed by atoms with Crippen molar-refractivity contribution >= 4 is 160 Å². The number of hydrogen-bond donors (Lipinski definition) is 0. The summed E-state index contributed by atoms with van der Waals surface area (Å²) in [6.07, 6.45) is 16.2. The maximum atomic E-state index is 4.80. The molecule has 6 aromatic carbocycles. The molecule has 0 unspecified atom stereocenters.